The molecule has 4 rings (SSSR count). The number of para-hydroxylation sites is 2. The number of ether oxygens (including phenoxy) is 3. The molecule has 1 N–H and O–H groups in total. The van der Waals surface area contributed by atoms with Gasteiger partial charge in [-0.2, -0.15) is 13.2 Å². The van der Waals surface area contributed by atoms with E-state index in [1.807, 2.05) is 6.92 Å². The summed E-state index contributed by atoms with van der Waals surface area (Å²) in [5.41, 5.74) is 0.228. The molecule has 0 unspecified atom stereocenters. The predicted molar refractivity (Wildman–Crippen MR) is 152 cm³/mol. The highest BCUT2D eigenvalue weighted by Gasteiger charge is 2.36. The van der Waals surface area contributed by atoms with Crippen LogP contribution >= 0.6 is 24.0 Å². The van der Waals surface area contributed by atoms with E-state index in [0.29, 0.717) is 35.1 Å². The summed E-state index contributed by atoms with van der Waals surface area (Å²) in [6.45, 7) is 1.99. The standard InChI is InChI=1S/C28H23F3N2O5S2/c1-3-37-21-10-5-4-9-20(21)32-25(34)16-38-22-12-11-17(13-23(22)36-2)14-24-26(35)33(27(39)40-24)19-8-6-7-18(15-19)28(29,30)31/h4-15H,3,16H2,1-2H3,(H,32,34)/b24-14-. The number of hydrogen-bond acceptors (Lipinski definition) is 7. The summed E-state index contributed by atoms with van der Waals surface area (Å²) in [6.07, 6.45) is -3.00. The number of benzene rings is 3. The van der Waals surface area contributed by atoms with Crippen molar-refractivity contribution >= 4 is 57.6 Å². The lowest BCUT2D eigenvalue weighted by Crippen LogP contribution is -2.27. The summed E-state index contributed by atoms with van der Waals surface area (Å²) in [5.74, 6) is 0.196. The average Bonchev–Trinajstić information content (AvgIpc) is 3.20. The first-order valence-electron chi connectivity index (χ1n) is 11.9. The molecule has 1 fully saturated rings. The van der Waals surface area contributed by atoms with Gasteiger partial charge < -0.3 is 19.5 Å². The van der Waals surface area contributed by atoms with E-state index in [1.165, 1.54) is 19.2 Å². The van der Waals surface area contributed by atoms with Gasteiger partial charge in [0.1, 0.15) is 5.75 Å². The smallest absolute Gasteiger partial charge is 0.416 e. The Morgan fingerprint density at radius 1 is 1.02 bits per heavy atom. The minimum absolute atomic E-state index is 0.0317. The third-order valence-corrected chi connectivity index (χ3v) is 6.83. The molecular weight excluding hydrogens is 565 g/mol. The zero-order valence-electron chi connectivity index (χ0n) is 21.3. The van der Waals surface area contributed by atoms with Gasteiger partial charge in [0.15, 0.2) is 22.4 Å². The SMILES string of the molecule is CCOc1ccccc1NC(=O)COc1ccc(/C=C2\SC(=S)N(c3cccc(C(F)(F)F)c3)C2=O)cc1OC. The number of anilines is 2. The molecule has 3 aromatic carbocycles. The van der Waals surface area contributed by atoms with E-state index >= 15 is 0 Å². The molecule has 1 aliphatic rings. The van der Waals surface area contributed by atoms with Crippen molar-refractivity contribution in [3.05, 3.63) is 82.8 Å². The maximum Gasteiger partial charge on any atom is 0.416 e. The van der Waals surface area contributed by atoms with Gasteiger partial charge in [-0.15, -0.1) is 0 Å². The number of alkyl halides is 3. The van der Waals surface area contributed by atoms with Gasteiger partial charge in [-0.1, -0.05) is 48.2 Å². The molecule has 3 aromatic rings. The van der Waals surface area contributed by atoms with Crippen LogP contribution in [0.5, 0.6) is 17.2 Å². The number of rotatable bonds is 9. The van der Waals surface area contributed by atoms with E-state index in [0.717, 1.165) is 28.8 Å². The molecule has 7 nitrogen and oxygen atoms in total. The number of nitrogens with one attached hydrogen (secondary N) is 1. The number of carbonyl (C=O) groups is 2. The van der Waals surface area contributed by atoms with Gasteiger partial charge >= 0.3 is 6.18 Å². The zero-order valence-corrected chi connectivity index (χ0v) is 22.9. The van der Waals surface area contributed by atoms with Crippen LogP contribution in [0.4, 0.5) is 24.5 Å². The number of halogens is 3. The first-order valence-corrected chi connectivity index (χ1v) is 13.1. The molecule has 0 atom stereocenters. The third kappa shape index (κ3) is 6.75. The Morgan fingerprint density at radius 2 is 1.80 bits per heavy atom. The number of nitrogens with zero attached hydrogens (tertiary/aromatic N) is 1. The van der Waals surface area contributed by atoms with Crippen molar-refractivity contribution in [1.29, 1.82) is 0 Å². The second-order valence-electron chi connectivity index (χ2n) is 8.24. The molecule has 0 bridgehead atoms. The lowest BCUT2D eigenvalue weighted by Gasteiger charge is -2.16. The second-order valence-corrected chi connectivity index (χ2v) is 9.92. The van der Waals surface area contributed by atoms with Crippen LogP contribution < -0.4 is 24.4 Å². The molecule has 12 heteroatoms. The van der Waals surface area contributed by atoms with E-state index in [4.69, 9.17) is 26.4 Å². The Hall–Kier alpha value is -4.03. The summed E-state index contributed by atoms with van der Waals surface area (Å²) in [5, 5.41) is 2.74. The van der Waals surface area contributed by atoms with Crippen LogP contribution in [0.2, 0.25) is 0 Å². The van der Waals surface area contributed by atoms with Gasteiger partial charge in [-0.3, -0.25) is 14.5 Å². The summed E-state index contributed by atoms with van der Waals surface area (Å²) in [7, 11) is 1.43. The number of amides is 2. The van der Waals surface area contributed by atoms with Gasteiger partial charge in [0.25, 0.3) is 11.8 Å². The largest absolute Gasteiger partial charge is 0.493 e. The fourth-order valence-electron chi connectivity index (χ4n) is 3.74. The van der Waals surface area contributed by atoms with Crippen LogP contribution in [0.25, 0.3) is 6.08 Å². The Balaban J connectivity index is 1.46. The maximum absolute atomic E-state index is 13.2. The lowest BCUT2D eigenvalue weighted by atomic mass is 10.1. The molecule has 0 aliphatic carbocycles. The highest BCUT2D eigenvalue weighted by Crippen LogP contribution is 2.39. The van der Waals surface area contributed by atoms with Crippen LogP contribution in [0, 0.1) is 0 Å². The van der Waals surface area contributed by atoms with Gasteiger partial charge in [0.2, 0.25) is 0 Å². The monoisotopic (exact) mass is 588 g/mol. The highest BCUT2D eigenvalue weighted by molar-refractivity contribution is 8.27. The molecular formula is C28H23F3N2O5S2. The van der Waals surface area contributed by atoms with Gasteiger partial charge in [-0.25, -0.2) is 0 Å². The van der Waals surface area contributed by atoms with Crippen molar-refractivity contribution in [2.24, 2.45) is 0 Å². The van der Waals surface area contributed by atoms with Crippen LogP contribution in [-0.4, -0.2) is 36.5 Å². The Kier molecular flexibility index (Phi) is 9.00. The van der Waals surface area contributed by atoms with Crippen molar-refractivity contribution in [1.82, 2.24) is 0 Å². The summed E-state index contributed by atoms with van der Waals surface area (Å²) >= 11 is 6.26. The summed E-state index contributed by atoms with van der Waals surface area (Å²) in [6, 6.07) is 16.3. The molecule has 0 radical (unpaired) electrons. The van der Waals surface area contributed by atoms with E-state index in [9.17, 15) is 22.8 Å². The molecule has 0 aromatic heterocycles. The van der Waals surface area contributed by atoms with Gasteiger partial charge in [0.05, 0.1) is 35.6 Å². The second kappa shape index (κ2) is 12.4. The Labute approximate surface area is 237 Å². The summed E-state index contributed by atoms with van der Waals surface area (Å²) < 4.78 is 56.1. The average molecular weight is 589 g/mol. The van der Waals surface area contributed by atoms with E-state index < -0.39 is 23.6 Å². The van der Waals surface area contributed by atoms with Crippen molar-refractivity contribution in [3.8, 4) is 17.2 Å². The molecule has 2 amide bonds. The number of carbonyl (C=O) groups excluding carboxylic acids is 2. The predicted octanol–water partition coefficient (Wildman–Crippen LogP) is 6.54. The molecule has 1 aliphatic heterocycles. The van der Waals surface area contributed by atoms with Crippen LogP contribution in [0.15, 0.2) is 71.6 Å². The van der Waals surface area contributed by atoms with E-state index in [-0.39, 0.29) is 21.5 Å². The van der Waals surface area contributed by atoms with Crippen molar-refractivity contribution in [2.75, 3.05) is 30.5 Å². The van der Waals surface area contributed by atoms with Crippen molar-refractivity contribution < 1.29 is 37.0 Å². The molecule has 0 spiro atoms. The maximum atomic E-state index is 13.2. The Bertz CT molecular complexity index is 1480. The summed E-state index contributed by atoms with van der Waals surface area (Å²) in [4.78, 5) is 26.8. The molecule has 208 valence electrons. The van der Waals surface area contributed by atoms with Gasteiger partial charge in [-0.05, 0) is 61.0 Å². The normalized spacial score (nSPS) is 14.4. The van der Waals surface area contributed by atoms with Crippen LogP contribution in [-0.2, 0) is 15.8 Å². The topological polar surface area (TPSA) is 77.1 Å². The quantitative estimate of drug-likeness (QED) is 0.225. The number of hydrogen-bond donors (Lipinski definition) is 1. The fourth-order valence-corrected chi connectivity index (χ4v) is 5.04. The highest BCUT2D eigenvalue weighted by atomic mass is 32.2. The molecule has 1 saturated heterocycles. The fraction of sp³-hybridized carbons (Fsp3) is 0.179. The van der Waals surface area contributed by atoms with Crippen molar-refractivity contribution in [3.63, 3.8) is 0 Å². The first kappa shape index (κ1) is 29.0. The number of thiocarbonyl (C=S) groups is 1. The molecule has 1 heterocycles. The zero-order chi connectivity index (χ0) is 28.9. The molecule has 40 heavy (non-hydrogen) atoms. The third-order valence-electron chi connectivity index (χ3n) is 5.53. The van der Waals surface area contributed by atoms with Crippen LogP contribution in [0.1, 0.15) is 18.1 Å². The minimum Gasteiger partial charge on any atom is -0.493 e. The first-order chi connectivity index (χ1) is 19.1. The number of methoxy groups -OCH3 is 1. The van der Waals surface area contributed by atoms with Crippen molar-refractivity contribution in [2.45, 2.75) is 13.1 Å². The number of thioether (sulfide) groups is 1. The van der Waals surface area contributed by atoms with Gasteiger partial charge in [0, 0.05) is 0 Å². The Morgan fingerprint density at radius 3 is 2.52 bits per heavy atom. The van der Waals surface area contributed by atoms with Crippen LogP contribution in [0.3, 0.4) is 0 Å². The van der Waals surface area contributed by atoms with E-state index in [2.05, 4.69) is 5.32 Å². The van der Waals surface area contributed by atoms with E-state index in [1.54, 1.807) is 48.5 Å². The minimum atomic E-state index is -4.55. The molecule has 0 saturated carbocycles. The lowest BCUT2D eigenvalue weighted by molar-refractivity contribution is -0.137.